The molecule has 3 rings (SSSR count). The van der Waals surface area contributed by atoms with Gasteiger partial charge in [-0.3, -0.25) is 4.79 Å². The minimum Gasteiger partial charge on any atom is -0.373 e. The van der Waals surface area contributed by atoms with Gasteiger partial charge in [0.2, 0.25) is 0 Å². The normalized spacial score (nSPS) is 17.3. The first-order chi connectivity index (χ1) is 10.1. The van der Waals surface area contributed by atoms with Gasteiger partial charge >= 0.3 is 0 Å². The lowest BCUT2D eigenvalue weighted by molar-refractivity contribution is 0.0351. The van der Waals surface area contributed by atoms with Crippen LogP contribution in [0.15, 0.2) is 46.9 Å². The van der Waals surface area contributed by atoms with E-state index in [1.54, 1.807) is 6.07 Å². The maximum Gasteiger partial charge on any atom is 0.168 e. The SMILES string of the molecule is O=C(CC1OCCc2ccccc21)c1ccc(Br)cc1F. The van der Waals surface area contributed by atoms with Gasteiger partial charge in [-0.2, -0.15) is 0 Å². The molecule has 1 aliphatic rings. The van der Waals surface area contributed by atoms with E-state index < -0.39 is 5.82 Å². The Labute approximate surface area is 131 Å². The molecule has 0 spiro atoms. The van der Waals surface area contributed by atoms with Crippen molar-refractivity contribution in [2.45, 2.75) is 18.9 Å². The van der Waals surface area contributed by atoms with Crippen molar-refractivity contribution in [2.75, 3.05) is 6.61 Å². The zero-order valence-corrected chi connectivity index (χ0v) is 12.9. The first kappa shape index (κ1) is 14.4. The van der Waals surface area contributed by atoms with E-state index in [4.69, 9.17) is 4.74 Å². The number of ether oxygens (including phenoxy) is 1. The standard InChI is InChI=1S/C17H14BrFO2/c18-12-5-6-14(15(19)9-12)16(20)10-17-13-4-2-1-3-11(13)7-8-21-17/h1-6,9,17H,7-8,10H2. The second kappa shape index (κ2) is 6.08. The molecule has 1 unspecified atom stereocenters. The molecule has 1 atom stereocenters. The van der Waals surface area contributed by atoms with Crippen molar-refractivity contribution in [3.8, 4) is 0 Å². The third-order valence-electron chi connectivity index (χ3n) is 3.69. The van der Waals surface area contributed by atoms with Crippen LogP contribution in [-0.2, 0) is 11.2 Å². The molecular formula is C17H14BrFO2. The molecule has 0 amide bonds. The molecule has 0 radical (unpaired) electrons. The molecule has 0 N–H and O–H groups in total. The molecule has 0 saturated heterocycles. The van der Waals surface area contributed by atoms with Crippen LogP contribution < -0.4 is 0 Å². The largest absolute Gasteiger partial charge is 0.373 e. The summed E-state index contributed by atoms with van der Waals surface area (Å²) in [6.45, 7) is 0.595. The van der Waals surface area contributed by atoms with Crippen molar-refractivity contribution >= 4 is 21.7 Å². The van der Waals surface area contributed by atoms with Crippen LogP contribution in [0.5, 0.6) is 0 Å². The predicted molar refractivity (Wildman–Crippen MR) is 81.9 cm³/mol. The van der Waals surface area contributed by atoms with Crippen molar-refractivity contribution < 1.29 is 13.9 Å². The second-order valence-electron chi connectivity index (χ2n) is 5.06. The smallest absolute Gasteiger partial charge is 0.168 e. The van der Waals surface area contributed by atoms with E-state index in [2.05, 4.69) is 22.0 Å². The van der Waals surface area contributed by atoms with Crippen LogP contribution in [-0.4, -0.2) is 12.4 Å². The number of Topliss-reactive ketones (excluding diaryl/α,β-unsaturated/α-hetero) is 1. The number of carbonyl (C=O) groups is 1. The van der Waals surface area contributed by atoms with Gasteiger partial charge in [-0.05, 0) is 35.7 Å². The van der Waals surface area contributed by atoms with Gasteiger partial charge in [-0.1, -0.05) is 40.2 Å². The van der Waals surface area contributed by atoms with Gasteiger partial charge < -0.3 is 4.74 Å². The third kappa shape index (κ3) is 3.06. The lowest BCUT2D eigenvalue weighted by Crippen LogP contribution is -2.19. The lowest BCUT2D eigenvalue weighted by Gasteiger charge is -2.25. The number of halogens is 2. The van der Waals surface area contributed by atoms with Crippen LogP contribution in [0.2, 0.25) is 0 Å². The van der Waals surface area contributed by atoms with Crippen LogP contribution in [0.25, 0.3) is 0 Å². The summed E-state index contributed by atoms with van der Waals surface area (Å²) in [5.41, 5.74) is 2.36. The van der Waals surface area contributed by atoms with Crippen LogP contribution in [0.1, 0.15) is 34.0 Å². The summed E-state index contributed by atoms with van der Waals surface area (Å²) < 4.78 is 20.2. The number of hydrogen-bond donors (Lipinski definition) is 0. The number of carbonyl (C=O) groups excluding carboxylic acids is 1. The van der Waals surface area contributed by atoms with E-state index in [0.717, 1.165) is 12.0 Å². The number of rotatable bonds is 3. The van der Waals surface area contributed by atoms with Gasteiger partial charge in [0, 0.05) is 10.9 Å². The van der Waals surface area contributed by atoms with Gasteiger partial charge in [0.15, 0.2) is 5.78 Å². The molecule has 0 bridgehead atoms. The number of benzene rings is 2. The Morgan fingerprint density at radius 2 is 2.10 bits per heavy atom. The fraction of sp³-hybridized carbons (Fsp3) is 0.235. The summed E-state index contributed by atoms with van der Waals surface area (Å²) in [4.78, 5) is 12.3. The average molecular weight is 349 g/mol. The highest BCUT2D eigenvalue weighted by Crippen LogP contribution is 2.31. The van der Waals surface area contributed by atoms with E-state index in [1.165, 1.54) is 17.7 Å². The maximum atomic E-state index is 13.9. The molecule has 2 aromatic rings. The van der Waals surface area contributed by atoms with Crippen molar-refractivity contribution in [2.24, 2.45) is 0 Å². The molecule has 2 aromatic carbocycles. The summed E-state index contributed by atoms with van der Waals surface area (Å²) in [6, 6.07) is 12.4. The highest BCUT2D eigenvalue weighted by molar-refractivity contribution is 9.10. The van der Waals surface area contributed by atoms with Crippen molar-refractivity contribution in [1.82, 2.24) is 0 Å². The fourth-order valence-corrected chi connectivity index (χ4v) is 2.97. The van der Waals surface area contributed by atoms with Gasteiger partial charge in [0.25, 0.3) is 0 Å². The first-order valence-corrected chi connectivity index (χ1v) is 7.62. The van der Waals surface area contributed by atoms with Gasteiger partial charge in [0.1, 0.15) is 5.82 Å². The molecule has 1 aliphatic heterocycles. The zero-order valence-electron chi connectivity index (χ0n) is 11.3. The van der Waals surface area contributed by atoms with Crippen molar-refractivity contribution in [3.63, 3.8) is 0 Å². The van der Waals surface area contributed by atoms with E-state index in [0.29, 0.717) is 11.1 Å². The summed E-state index contributed by atoms with van der Waals surface area (Å²) in [5.74, 6) is -0.736. The number of ketones is 1. The van der Waals surface area contributed by atoms with Crippen LogP contribution in [0, 0.1) is 5.82 Å². The molecular weight excluding hydrogens is 335 g/mol. The molecule has 0 fully saturated rings. The Morgan fingerprint density at radius 3 is 2.90 bits per heavy atom. The van der Waals surface area contributed by atoms with E-state index in [-0.39, 0.29) is 23.9 Å². The molecule has 2 nitrogen and oxygen atoms in total. The Hall–Kier alpha value is -1.52. The van der Waals surface area contributed by atoms with Gasteiger partial charge in [-0.15, -0.1) is 0 Å². The summed E-state index contributed by atoms with van der Waals surface area (Å²) in [7, 11) is 0. The van der Waals surface area contributed by atoms with Crippen LogP contribution >= 0.6 is 15.9 Å². The highest BCUT2D eigenvalue weighted by Gasteiger charge is 2.24. The lowest BCUT2D eigenvalue weighted by atomic mass is 9.93. The Balaban J connectivity index is 1.83. The molecule has 0 aromatic heterocycles. The Bertz CT molecular complexity index is 684. The Morgan fingerprint density at radius 1 is 1.29 bits per heavy atom. The summed E-state index contributed by atoms with van der Waals surface area (Å²) in [6.07, 6.45) is 0.730. The summed E-state index contributed by atoms with van der Waals surface area (Å²) >= 11 is 3.19. The van der Waals surface area contributed by atoms with Crippen LogP contribution in [0.3, 0.4) is 0 Å². The van der Waals surface area contributed by atoms with E-state index >= 15 is 0 Å². The summed E-state index contributed by atoms with van der Waals surface area (Å²) in [5, 5.41) is 0. The minimum atomic E-state index is -0.501. The van der Waals surface area contributed by atoms with E-state index in [1.807, 2.05) is 18.2 Å². The number of hydrogen-bond acceptors (Lipinski definition) is 2. The van der Waals surface area contributed by atoms with Crippen molar-refractivity contribution in [3.05, 3.63) is 69.4 Å². The van der Waals surface area contributed by atoms with E-state index in [9.17, 15) is 9.18 Å². The monoisotopic (exact) mass is 348 g/mol. The third-order valence-corrected chi connectivity index (χ3v) is 4.19. The average Bonchev–Trinajstić information content (AvgIpc) is 2.47. The fourth-order valence-electron chi connectivity index (χ4n) is 2.64. The Kier molecular flexibility index (Phi) is 4.17. The molecule has 21 heavy (non-hydrogen) atoms. The minimum absolute atomic E-state index is 0.116. The highest BCUT2D eigenvalue weighted by atomic mass is 79.9. The van der Waals surface area contributed by atoms with Crippen LogP contribution in [0.4, 0.5) is 4.39 Å². The molecule has 1 heterocycles. The number of fused-ring (bicyclic) bond motifs is 1. The molecule has 0 aliphatic carbocycles. The molecule has 0 saturated carbocycles. The van der Waals surface area contributed by atoms with Gasteiger partial charge in [0.05, 0.1) is 18.3 Å². The molecule has 108 valence electrons. The second-order valence-corrected chi connectivity index (χ2v) is 5.98. The quantitative estimate of drug-likeness (QED) is 0.764. The topological polar surface area (TPSA) is 26.3 Å². The maximum absolute atomic E-state index is 13.9. The first-order valence-electron chi connectivity index (χ1n) is 6.83. The van der Waals surface area contributed by atoms with Gasteiger partial charge in [-0.25, -0.2) is 4.39 Å². The predicted octanol–water partition coefficient (Wildman–Crippen LogP) is 4.48. The molecule has 4 heteroatoms. The zero-order chi connectivity index (χ0) is 14.8. The van der Waals surface area contributed by atoms with Crippen molar-refractivity contribution in [1.29, 1.82) is 0 Å².